The average Bonchev–Trinajstić information content (AvgIpc) is 2.64. The Hall–Kier alpha value is -1.23. The molecule has 0 spiro atoms. The van der Waals surface area contributed by atoms with E-state index in [-0.39, 0.29) is 6.04 Å². The fraction of sp³-hybridized carbons (Fsp3) is 0.364. The summed E-state index contributed by atoms with van der Waals surface area (Å²) in [4.78, 5) is 4.30. The molecule has 0 aromatic heterocycles. The molecular formula is C11H14BrN3O. The van der Waals surface area contributed by atoms with Crippen molar-refractivity contribution in [2.24, 2.45) is 10.7 Å². The van der Waals surface area contributed by atoms with Crippen LogP contribution < -0.4 is 15.8 Å². The first-order chi connectivity index (χ1) is 7.70. The van der Waals surface area contributed by atoms with Crippen molar-refractivity contribution in [2.45, 2.75) is 12.5 Å². The number of nitrogens with one attached hydrogen (secondary N) is 1. The van der Waals surface area contributed by atoms with Crippen LogP contribution in [-0.4, -0.2) is 25.7 Å². The van der Waals surface area contributed by atoms with Gasteiger partial charge >= 0.3 is 0 Å². The van der Waals surface area contributed by atoms with E-state index < -0.39 is 0 Å². The van der Waals surface area contributed by atoms with Crippen molar-refractivity contribution in [1.29, 1.82) is 0 Å². The Morgan fingerprint density at radius 3 is 3.06 bits per heavy atom. The lowest BCUT2D eigenvalue weighted by molar-refractivity contribution is 0.405. The predicted molar refractivity (Wildman–Crippen MR) is 67.8 cm³/mol. The number of hydrogen-bond acceptors (Lipinski definition) is 4. The van der Waals surface area contributed by atoms with Crippen molar-refractivity contribution in [3.8, 4) is 5.75 Å². The van der Waals surface area contributed by atoms with Gasteiger partial charge in [0.15, 0.2) is 5.96 Å². The number of guanidine groups is 1. The Morgan fingerprint density at radius 1 is 1.62 bits per heavy atom. The number of para-hydroxylation sites is 1. The quantitative estimate of drug-likeness (QED) is 0.879. The minimum absolute atomic E-state index is 0.197. The summed E-state index contributed by atoms with van der Waals surface area (Å²) < 4.78 is 6.33. The molecule has 0 aliphatic carbocycles. The topological polar surface area (TPSA) is 59.6 Å². The number of benzene rings is 1. The predicted octanol–water partition coefficient (Wildman–Crippen LogP) is 1.29. The van der Waals surface area contributed by atoms with Gasteiger partial charge in [0, 0.05) is 13.0 Å². The molecule has 1 aromatic rings. The lowest BCUT2D eigenvalue weighted by Crippen LogP contribution is -2.27. The first-order valence-electron chi connectivity index (χ1n) is 5.09. The molecule has 1 aliphatic heterocycles. The summed E-state index contributed by atoms with van der Waals surface area (Å²) in [6.45, 7) is 0.793. The highest BCUT2D eigenvalue weighted by atomic mass is 79.9. The van der Waals surface area contributed by atoms with Gasteiger partial charge in [-0.1, -0.05) is 12.1 Å². The van der Waals surface area contributed by atoms with Crippen LogP contribution in [0.15, 0.2) is 27.7 Å². The molecule has 0 radical (unpaired) electrons. The van der Waals surface area contributed by atoms with Gasteiger partial charge in [0.1, 0.15) is 5.75 Å². The second-order valence-electron chi connectivity index (χ2n) is 3.69. The van der Waals surface area contributed by atoms with Crippen LogP contribution in [-0.2, 0) is 6.42 Å². The maximum atomic E-state index is 5.58. The minimum atomic E-state index is 0.197. The molecule has 0 bridgehead atoms. The van der Waals surface area contributed by atoms with E-state index in [1.165, 1.54) is 0 Å². The monoisotopic (exact) mass is 283 g/mol. The van der Waals surface area contributed by atoms with Gasteiger partial charge in [0.25, 0.3) is 0 Å². The molecule has 86 valence electrons. The Bertz CT molecular complexity index is 420. The summed E-state index contributed by atoms with van der Waals surface area (Å²) >= 11 is 3.47. The van der Waals surface area contributed by atoms with Gasteiger partial charge in [0.2, 0.25) is 0 Å². The Morgan fingerprint density at radius 2 is 2.44 bits per heavy atom. The summed E-state index contributed by atoms with van der Waals surface area (Å²) in [5.41, 5.74) is 6.72. The summed E-state index contributed by atoms with van der Waals surface area (Å²) in [6.07, 6.45) is 0.830. The number of ether oxygens (including phenoxy) is 1. The van der Waals surface area contributed by atoms with Gasteiger partial charge in [-0.2, -0.15) is 0 Å². The summed E-state index contributed by atoms with van der Waals surface area (Å²) in [5.74, 6) is 1.40. The molecule has 1 unspecified atom stereocenters. The van der Waals surface area contributed by atoms with Crippen molar-refractivity contribution < 1.29 is 4.74 Å². The number of methoxy groups -OCH3 is 1. The van der Waals surface area contributed by atoms with Gasteiger partial charge in [-0.15, -0.1) is 0 Å². The molecule has 1 aromatic carbocycles. The summed E-state index contributed by atoms with van der Waals surface area (Å²) in [7, 11) is 1.67. The van der Waals surface area contributed by atoms with Crippen molar-refractivity contribution in [1.82, 2.24) is 5.32 Å². The smallest absolute Gasteiger partial charge is 0.189 e. The SMILES string of the molecule is COc1c(Br)cccc1CC1CNC(N)=N1. The molecule has 16 heavy (non-hydrogen) atoms. The Labute approximate surface area is 103 Å². The number of nitrogens with two attached hydrogens (primary N) is 1. The van der Waals surface area contributed by atoms with Crippen molar-refractivity contribution in [3.05, 3.63) is 28.2 Å². The van der Waals surface area contributed by atoms with Crippen LogP contribution >= 0.6 is 15.9 Å². The fourth-order valence-electron chi connectivity index (χ4n) is 1.82. The summed E-state index contributed by atoms with van der Waals surface area (Å²) in [6, 6.07) is 6.21. The number of hydrogen-bond donors (Lipinski definition) is 2. The zero-order valence-corrected chi connectivity index (χ0v) is 10.6. The largest absolute Gasteiger partial charge is 0.495 e. The molecule has 0 saturated carbocycles. The average molecular weight is 284 g/mol. The molecule has 0 amide bonds. The highest BCUT2D eigenvalue weighted by molar-refractivity contribution is 9.10. The van der Waals surface area contributed by atoms with Crippen LogP contribution in [0.25, 0.3) is 0 Å². The summed E-state index contributed by atoms with van der Waals surface area (Å²) in [5, 5.41) is 3.02. The van der Waals surface area contributed by atoms with E-state index >= 15 is 0 Å². The van der Waals surface area contributed by atoms with E-state index in [4.69, 9.17) is 10.5 Å². The number of nitrogens with zero attached hydrogens (tertiary/aromatic N) is 1. The molecule has 1 atom stereocenters. The van der Waals surface area contributed by atoms with Gasteiger partial charge in [-0.05, 0) is 27.6 Å². The molecule has 1 heterocycles. The normalized spacial score (nSPS) is 19.1. The molecule has 0 saturated heterocycles. The van der Waals surface area contributed by atoms with Crippen molar-refractivity contribution >= 4 is 21.9 Å². The zero-order chi connectivity index (χ0) is 11.5. The molecule has 1 aliphatic rings. The van der Waals surface area contributed by atoms with Crippen LogP contribution in [0.5, 0.6) is 5.75 Å². The van der Waals surface area contributed by atoms with E-state index in [0.29, 0.717) is 5.96 Å². The van der Waals surface area contributed by atoms with Crippen LogP contribution in [0, 0.1) is 0 Å². The van der Waals surface area contributed by atoms with Gasteiger partial charge in [-0.25, -0.2) is 4.99 Å². The third kappa shape index (κ3) is 2.29. The van der Waals surface area contributed by atoms with Crippen molar-refractivity contribution in [2.75, 3.05) is 13.7 Å². The van der Waals surface area contributed by atoms with E-state index in [1.807, 2.05) is 18.2 Å². The zero-order valence-electron chi connectivity index (χ0n) is 9.03. The number of halogens is 1. The van der Waals surface area contributed by atoms with E-state index in [0.717, 1.165) is 28.8 Å². The minimum Gasteiger partial charge on any atom is -0.495 e. The van der Waals surface area contributed by atoms with Crippen molar-refractivity contribution in [3.63, 3.8) is 0 Å². The van der Waals surface area contributed by atoms with Crippen LogP contribution in [0.3, 0.4) is 0 Å². The molecule has 5 heteroatoms. The first kappa shape index (κ1) is 11.3. The van der Waals surface area contributed by atoms with Gasteiger partial charge < -0.3 is 15.8 Å². The highest BCUT2D eigenvalue weighted by Crippen LogP contribution is 2.29. The van der Waals surface area contributed by atoms with E-state index in [2.05, 4.69) is 26.2 Å². The third-order valence-electron chi connectivity index (χ3n) is 2.55. The fourth-order valence-corrected chi connectivity index (χ4v) is 2.39. The molecule has 3 N–H and O–H groups in total. The Balaban J connectivity index is 2.18. The second kappa shape index (κ2) is 4.74. The molecule has 0 fully saturated rings. The van der Waals surface area contributed by atoms with Gasteiger partial charge in [0.05, 0.1) is 17.6 Å². The van der Waals surface area contributed by atoms with E-state index in [1.54, 1.807) is 7.11 Å². The number of rotatable bonds is 3. The highest BCUT2D eigenvalue weighted by Gasteiger charge is 2.17. The van der Waals surface area contributed by atoms with Crippen LogP contribution in [0.4, 0.5) is 0 Å². The first-order valence-corrected chi connectivity index (χ1v) is 5.88. The molecule has 2 rings (SSSR count). The number of aliphatic imine (C=N–C) groups is 1. The Kier molecular flexibility index (Phi) is 3.33. The van der Waals surface area contributed by atoms with Crippen LogP contribution in [0.2, 0.25) is 0 Å². The lowest BCUT2D eigenvalue weighted by atomic mass is 10.1. The third-order valence-corrected chi connectivity index (χ3v) is 3.17. The maximum absolute atomic E-state index is 5.58. The molecule has 4 nitrogen and oxygen atoms in total. The van der Waals surface area contributed by atoms with Crippen LogP contribution in [0.1, 0.15) is 5.56 Å². The molecular weight excluding hydrogens is 270 g/mol. The lowest BCUT2D eigenvalue weighted by Gasteiger charge is -2.12. The maximum Gasteiger partial charge on any atom is 0.189 e. The van der Waals surface area contributed by atoms with E-state index in [9.17, 15) is 0 Å². The second-order valence-corrected chi connectivity index (χ2v) is 4.54. The standard InChI is InChI=1S/C11H14BrN3O/c1-16-10-7(3-2-4-9(10)12)5-8-6-14-11(13)15-8/h2-4,8H,5-6H2,1H3,(H3,13,14,15). The van der Waals surface area contributed by atoms with Gasteiger partial charge in [-0.3, -0.25) is 0 Å².